The number of aliphatic hydroxyl groups is 1. The van der Waals surface area contributed by atoms with Gasteiger partial charge in [-0.3, -0.25) is 4.79 Å². The highest BCUT2D eigenvalue weighted by Gasteiger charge is 2.32. The van der Waals surface area contributed by atoms with Gasteiger partial charge in [-0.05, 0) is 18.6 Å². The molecule has 0 fully saturated rings. The molecule has 0 radical (unpaired) electrons. The largest absolute Gasteiger partial charge is 0.513 e. The molecule has 26 heavy (non-hydrogen) atoms. The van der Waals surface area contributed by atoms with E-state index in [9.17, 15) is 19.5 Å². The zero-order valence-electron chi connectivity index (χ0n) is 15.1. The van der Waals surface area contributed by atoms with Crippen LogP contribution >= 0.6 is 0 Å². The summed E-state index contributed by atoms with van der Waals surface area (Å²) in [5.74, 6) is -1.15. The Balaban J connectivity index is 2.82. The molecule has 0 bridgehead atoms. The molecule has 0 heterocycles. The minimum absolute atomic E-state index is 0.00661. The van der Waals surface area contributed by atoms with Crippen LogP contribution in [0.15, 0.2) is 24.3 Å². The van der Waals surface area contributed by atoms with Gasteiger partial charge in [0.1, 0.15) is 24.5 Å². The number of rotatable bonds is 9. The molecule has 0 aromatic heterocycles. The first kappa shape index (κ1) is 21.4. The van der Waals surface area contributed by atoms with Gasteiger partial charge in [0.2, 0.25) is 0 Å². The molecule has 0 spiro atoms. The maximum Gasteiger partial charge on any atom is 0.513 e. The fourth-order valence-electron chi connectivity index (χ4n) is 1.94. The Morgan fingerprint density at radius 3 is 2.31 bits per heavy atom. The van der Waals surface area contributed by atoms with Crippen molar-refractivity contribution in [3.8, 4) is 5.75 Å². The third-order valence-corrected chi connectivity index (χ3v) is 3.89. The Labute approximate surface area is 152 Å². The number of carbonyl (C=O) groups is 3. The van der Waals surface area contributed by atoms with Gasteiger partial charge in [-0.1, -0.05) is 26.0 Å². The first-order valence-corrected chi connectivity index (χ1v) is 8.19. The number of aliphatic hydroxyl groups excluding tert-OH is 1. The number of ether oxygens (including phenoxy) is 4. The quantitative estimate of drug-likeness (QED) is 0.402. The molecule has 8 heteroatoms. The van der Waals surface area contributed by atoms with Crippen molar-refractivity contribution in [3.05, 3.63) is 29.8 Å². The van der Waals surface area contributed by atoms with Crippen LogP contribution in [0.4, 0.5) is 4.79 Å². The summed E-state index contributed by atoms with van der Waals surface area (Å²) in [5, 5.41) is 9.68. The maximum atomic E-state index is 12.4. The van der Waals surface area contributed by atoms with Gasteiger partial charge in [-0.15, -0.1) is 0 Å². The van der Waals surface area contributed by atoms with E-state index in [1.807, 2.05) is 0 Å². The van der Waals surface area contributed by atoms with Crippen molar-refractivity contribution in [2.24, 2.45) is 5.41 Å². The fraction of sp³-hybridized carbons (Fsp3) is 0.500. The molecule has 0 saturated carbocycles. The molecule has 1 rings (SSSR count). The predicted molar refractivity (Wildman–Crippen MR) is 90.8 cm³/mol. The Kier molecular flexibility index (Phi) is 8.57. The lowest BCUT2D eigenvalue weighted by molar-refractivity contribution is -0.149. The molecule has 1 aromatic rings. The van der Waals surface area contributed by atoms with Crippen LogP contribution in [0.25, 0.3) is 0 Å². The van der Waals surface area contributed by atoms with E-state index in [1.54, 1.807) is 26.0 Å². The van der Waals surface area contributed by atoms with Crippen LogP contribution in [0, 0.1) is 5.41 Å². The number of esters is 2. The lowest BCUT2D eigenvalue weighted by Gasteiger charge is -2.29. The van der Waals surface area contributed by atoms with E-state index < -0.39 is 23.5 Å². The van der Waals surface area contributed by atoms with E-state index in [2.05, 4.69) is 4.74 Å². The molecule has 8 nitrogen and oxygen atoms in total. The number of methoxy groups -OCH3 is 1. The number of para-hydroxylation sites is 1. The summed E-state index contributed by atoms with van der Waals surface area (Å²) in [6, 6.07) is 6.03. The molecule has 0 saturated heterocycles. The van der Waals surface area contributed by atoms with Crippen LogP contribution in [0.3, 0.4) is 0 Å². The number of carbonyl (C=O) groups excluding carboxylic acids is 3. The lowest BCUT2D eigenvalue weighted by atomic mass is 9.88. The highest BCUT2D eigenvalue weighted by atomic mass is 16.7. The van der Waals surface area contributed by atoms with Gasteiger partial charge in [0.25, 0.3) is 0 Å². The van der Waals surface area contributed by atoms with Crippen molar-refractivity contribution in [2.75, 3.05) is 26.9 Å². The second-order valence-corrected chi connectivity index (χ2v) is 5.65. The van der Waals surface area contributed by atoms with Crippen molar-refractivity contribution >= 4 is 18.1 Å². The summed E-state index contributed by atoms with van der Waals surface area (Å²) in [6.45, 7) is 2.89. The Morgan fingerprint density at radius 1 is 1.08 bits per heavy atom. The summed E-state index contributed by atoms with van der Waals surface area (Å²) in [5.41, 5.74) is -0.870. The van der Waals surface area contributed by atoms with Crippen molar-refractivity contribution < 1.29 is 38.4 Å². The van der Waals surface area contributed by atoms with Crippen LogP contribution in [0.1, 0.15) is 37.0 Å². The molecule has 0 aliphatic carbocycles. The van der Waals surface area contributed by atoms with Crippen LogP contribution in [0.2, 0.25) is 0 Å². The third-order valence-electron chi connectivity index (χ3n) is 3.89. The molecular formula is C18H24O8. The molecule has 1 atom stereocenters. The maximum absolute atomic E-state index is 12.4. The standard InChI is InChI=1S/C18H24O8/c1-4-15(20)24-11-18(5-2,10-19)12-25-16(21)13-8-6-7-9-14(13)26-17(22)23-3/h6-9,19H,4-5,10-12H2,1-3H3. The van der Waals surface area contributed by atoms with E-state index in [1.165, 1.54) is 12.1 Å². The van der Waals surface area contributed by atoms with Gasteiger partial charge >= 0.3 is 18.1 Å². The zero-order chi connectivity index (χ0) is 19.6. The van der Waals surface area contributed by atoms with E-state index in [0.29, 0.717) is 6.42 Å². The molecule has 0 aliphatic rings. The highest BCUT2D eigenvalue weighted by Crippen LogP contribution is 2.25. The Bertz CT molecular complexity index is 621. The summed E-state index contributed by atoms with van der Waals surface area (Å²) in [7, 11) is 1.15. The molecule has 0 amide bonds. The van der Waals surface area contributed by atoms with Crippen molar-refractivity contribution in [2.45, 2.75) is 26.7 Å². The van der Waals surface area contributed by atoms with Crippen molar-refractivity contribution in [3.63, 3.8) is 0 Å². The topological polar surface area (TPSA) is 108 Å². The van der Waals surface area contributed by atoms with Crippen molar-refractivity contribution in [1.29, 1.82) is 0 Å². The highest BCUT2D eigenvalue weighted by molar-refractivity contribution is 5.93. The van der Waals surface area contributed by atoms with Gasteiger partial charge in [0.05, 0.1) is 19.1 Å². The normalized spacial score (nSPS) is 12.6. The first-order valence-electron chi connectivity index (χ1n) is 8.19. The van der Waals surface area contributed by atoms with E-state index in [0.717, 1.165) is 7.11 Å². The monoisotopic (exact) mass is 368 g/mol. The smallest absolute Gasteiger partial charge is 0.465 e. The minimum Gasteiger partial charge on any atom is -0.465 e. The molecular weight excluding hydrogens is 344 g/mol. The minimum atomic E-state index is -0.963. The van der Waals surface area contributed by atoms with Gasteiger partial charge in [0.15, 0.2) is 0 Å². The molecule has 144 valence electrons. The predicted octanol–water partition coefficient (Wildman–Crippen LogP) is 2.33. The van der Waals surface area contributed by atoms with Crippen molar-refractivity contribution in [1.82, 2.24) is 0 Å². The Morgan fingerprint density at radius 2 is 1.73 bits per heavy atom. The zero-order valence-corrected chi connectivity index (χ0v) is 15.1. The molecule has 1 N–H and O–H groups in total. The number of hydrogen-bond acceptors (Lipinski definition) is 8. The van der Waals surface area contributed by atoms with Gasteiger partial charge in [-0.2, -0.15) is 0 Å². The third kappa shape index (κ3) is 6.03. The summed E-state index contributed by atoms with van der Waals surface area (Å²) >= 11 is 0. The van der Waals surface area contributed by atoms with Crippen LogP contribution in [-0.2, 0) is 19.0 Å². The van der Waals surface area contributed by atoms with Crippen LogP contribution in [0.5, 0.6) is 5.75 Å². The van der Waals surface area contributed by atoms with Gasteiger partial charge in [0, 0.05) is 6.42 Å². The summed E-state index contributed by atoms with van der Waals surface area (Å²) < 4.78 is 19.7. The second kappa shape index (κ2) is 10.4. The summed E-state index contributed by atoms with van der Waals surface area (Å²) in [4.78, 5) is 35.0. The molecule has 1 aromatic carbocycles. The molecule has 1 unspecified atom stereocenters. The molecule has 0 aliphatic heterocycles. The van der Waals surface area contributed by atoms with Crippen LogP contribution < -0.4 is 4.74 Å². The SMILES string of the molecule is CCC(=O)OCC(CC)(CO)COC(=O)c1ccccc1OC(=O)OC. The fourth-order valence-corrected chi connectivity index (χ4v) is 1.94. The second-order valence-electron chi connectivity index (χ2n) is 5.65. The number of hydrogen-bond donors (Lipinski definition) is 1. The van der Waals surface area contributed by atoms with Gasteiger partial charge in [-0.25, -0.2) is 9.59 Å². The average molecular weight is 368 g/mol. The summed E-state index contributed by atoms with van der Waals surface area (Å²) in [6.07, 6.45) is -0.327. The van der Waals surface area contributed by atoms with Crippen LogP contribution in [-0.4, -0.2) is 50.1 Å². The Hall–Kier alpha value is -2.61. The van der Waals surface area contributed by atoms with E-state index in [-0.39, 0.29) is 37.6 Å². The van der Waals surface area contributed by atoms with Gasteiger partial charge < -0.3 is 24.1 Å². The van der Waals surface area contributed by atoms with E-state index in [4.69, 9.17) is 14.2 Å². The average Bonchev–Trinajstić information content (AvgIpc) is 2.68. The first-order chi connectivity index (χ1) is 12.4. The number of benzene rings is 1. The van der Waals surface area contributed by atoms with E-state index >= 15 is 0 Å². The lowest BCUT2D eigenvalue weighted by Crippen LogP contribution is -2.37.